The van der Waals surface area contributed by atoms with Crippen LogP contribution >= 0.6 is 0 Å². The van der Waals surface area contributed by atoms with E-state index < -0.39 is 0 Å². The number of nitrogens with zero attached hydrogens (tertiary/aromatic N) is 1. The maximum absolute atomic E-state index is 4.04. The van der Waals surface area contributed by atoms with Crippen LogP contribution in [0.3, 0.4) is 0 Å². The zero-order valence-corrected chi connectivity index (χ0v) is 18.2. The summed E-state index contributed by atoms with van der Waals surface area (Å²) in [6.45, 7) is 12.3. The zero-order chi connectivity index (χ0) is 21.1. The molecule has 1 aliphatic rings. The Morgan fingerprint density at radius 1 is 0.931 bits per heavy atom. The van der Waals surface area contributed by atoms with Crippen molar-refractivity contribution in [3.05, 3.63) is 115 Å². The summed E-state index contributed by atoms with van der Waals surface area (Å²) in [4.78, 5) is 2.30. The third-order valence-corrected chi connectivity index (χ3v) is 4.65. The minimum atomic E-state index is 0.890. The fraction of sp³-hybridized carbons (Fsp3) is 0.214. The molecule has 3 rings (SSSR count). The van der Waals surface area contributed by atoms with Gasteiger partial charge in [-0.1, -0.05) is 99.7 Å². The van der Waals surface area contributed by atoms with E-state index in [0.717, 1.165) is 24.2 Å². The predicted octanol–water partition coefficient (Wildman–Crippen LogP) is 8.37. The number of rotatable bonds is 6. The summed E-state index contributed by atoms with van der Waals surface area (Å²) in [6, 6.07) is 17.5. The van der Waals surface area contributed by atoms with Gasteiger partial charge < -0.3 is 4.90 Å². The molecule has 0 amide bonds. The van der Waals surface area contributed by atoms with Gasteiger partial charge in [-0.05, 0) is 48.8 Å². The van der Waals surface area contributed by atoms with Gasteiger partial charge in [-0.2, -0.15) is 0 Å². The molecule has 0 radical (unpaired) electrons. The standard InChI is InChI=1S/C26H27N.C2H6/c1-4-10-24(5-2)27(25-11-8-6-7-9-12-25)26-19-17-23(18-20-26)22-15-13-21(3)14-16-22;1-2/h5-11,13-20H,2,4,12H2,1,3H3;1-2H3/b24-10+;. The number of anilines is 1. The van der Waals surface area contributed by atoms with Gasteiger partial charge in [0.25, 0.3) is 0 Å². The van der Waals surface area contributed by atoms with Gasteiger partial charge in [0, 0.05) is 23.5 Å². The Kier molecular flexibility index (Phi) is 8.98. The first-order valence-electron chi connectivity index (χ1n) is 10.5. The van der Waals surface area contributed by atoms with Gasteiger partial charge in [0.05, 0.1) is 0 Å². The fourth-order valence-electron chi connectivity index (χ4n) is 3.24. The smallest absolute Gasteiger partial charge is 0.0458 e. The highest BCUT2D eigenvalue weighted by Gasteiger charge is 2.14. The minimum absolute atomic E-state index is 0.890. The molecular formula is C28H33N. The predicted molar refractivity (Wildman–Crippen MR) is 130 cm³/mol. The molecule has 0 fully saturated rings. The molecule has 0 heterocycles. The van der Waals surface area contributed by atoms with Crippen molar-refractivity contribution < 1.29 is 0 Å². The van der Waals surface area contributed by atoms with Crippen molar-refractivity contribution in [2.24, 2.45) is 0 Å². The summed E-state index contributed by atoms with van der Waals surface area (Å²) in [5, 5.41) is 0. The highest BCUT2D eigenvalue weighted by Crippen LogP contribution is 2.30. The van der Waals surface area contributed by atoms with Gasteiger partial charge in [0.15, 0.2) is 0 Å². The van der Waals surface area contributed by atoms with E-state index in [9.17, 15) is 0 Å². The van der Waals surface area contributed by atoms with Crippen molar-refractivity contribution >= 4 is 5.69 Å². The largest absolute Gasteiger partial charge is 0.314 e. The molecular weight excluding hydrogens is 350 g/mol. The molecule has 29 heavy (non-hydrogen) atoms. The van der Waals surface area contributed by atoms with Crippen molar-refractivity contribution in [3.8, 4) is 11.1 Å². The number of hydrogen-bond acceptors (Lipinski definition) is 1. The van der Waals surface area contributed by atoms with Gasteiger partial charge in [0.2, 0.25) is 0 Å². The third kappa shape index (κ3) is 5.96. The Morgan fingerprint density at radius 3 is 2.14 bits per heavy atom. The zero-order valence-electron chi connectivity index (χ0n) is 18.2. The topological polar surface area (TPSA) is 3.24 Å². The highest BCUT2D eigenvalue weighted by atomic mass is 15.2. The van der Waals surface area contributed by atoms with E-state index in [-0.39, 0.29) is 0 Å². The second kappa shape index (κ2) is 11.7. The lowest BCUT2D eigenvalue weighted by molar-refractivity contribution is 1.02. The van der Waals surface area contributed by atoms with Gasteiger partial charge >= 0.3 is 0 Å². The molecule has 0 atom stereocenters. The van der Waals surface area contributed by atoms with E-state index in [1.165, 1.54) is 22.4 Å². The van der Waals surface area contributed by atoms with Crippen molar-refractivity contribution in [1.29, 1.82) is 0 Å². The molecule has 0 saturated carbocycles. The molecule has 1 nitrogen and oxygen atoms in total. The van der Waals surface area contributed by atoms with Gasteiger partial charge in [-0.3, -0.25) is 0 Å². The molecule has 2 aromatic rings. The van der Waals surface area contributed by atoms with E-state index in [0.29, 0.717) is 0 Å². The van der Waals surface area contributed by atoms with Crippen molar-refractivity contribution in [2.75, 3.05) is 4.90 Å². The second-order valence-electron chi connectivity index (χ2n) is 6.66. The Labute approximate surface area is 177 Å². The van der Waals surface area contributed by atoms with Crippen LogP contribution in [0.1, 0.15) is 39.2 Å². The molecule has 1 aliphatic carbocycles. The molecule has 150 valence electrons. The van der Waals surface area contributed by atoms with Gasteiger partial charge in [0.1, 0.15) is 0 Å². The summed E-state index contributed by atoms with van der Waals surface area (Å²) in [6.07, 6.45) is 16.7. The summed E-state index contributed by atoms with van der Waals surface area (Å²) in [5.41, 5.74) is 7.26. The van der Waals surface area contributed by atoms with Crippen LogP contribution in [0, 0.1) is 6.92 Å². The Balaban J connectivity index is 0.00000145. The Hall–Kier alpha value is -3.06. The van der Waals surface area contributed by atoms with E-state index in [2.05, 4.69) is 110 Å². The number of hydrogen-bond donors (Lipinski definition) is 0. The van der Waals surface area contributed by atoms with Crippen molar-refractivity contribution in [2.45, 2.75) is 40.5 Å². The summed E-state index contributed by atoms with van der Waals surface area (Å²) in [5.74, 6) is 0. The lowest BCUT2D eigenvalue weighted by Crippen LogP contribution is -2.20. The number of allylic oxidation sites excluding steroid dienone is 7. The Bertz CT molecular complexity index is 890. The lowest BCUT2D eigenvalue weighted by atomic mass is 10.0. The quantitative estimate of drug-likeness (QED) is 0.453. The van der Waals surface area contributed by atoms with Gasteiger partial charge in [-0.15, -0.1) is 0 Å². The summed E-state index contributed by atoms with van der Waals surface area (Å²) in [7, 11) is 0. The highest BCUT2D eigenvalue weighted by molar-refractivity contribution is 5.69. The lowest BCUT2D eigenvalue weighted by Gasteiger charge is -2.28. The number of benzene rings is 2. The van der Waals surface area contributed by atoms with Crippen LogP contribution in [0.2, 0.25) is 0 Å². The van der Waals surface area contributed by atoms with Crippen LogP contribution in [0.25, 0.3) is 11.1 Å². The maximum Gasteiger partial charge on any atom is 0.0458 e. The van der Waals surface area contributed by atoms with E-state index >= 15 is 0 Å². The first kappa shape index (κ1) is 22.2. The van der Waals surface area contributed by atoms with E-state index in [1.54, 1.807) is 0 Å². The first-order valence-corrected chi connectivity index (χ1v) is 10.5. The van der Waals surface area contributed by atoms with Crippen LogP contribution in [0.5, 0.6) is 0 Å². The van der Waals surface area contributed by atoms with Crippen LogP contribution in [-0.2, 0) is 0 Å². The number of aryl methyl sites for hydroxylation is 1. The van der Waals surface area contributed by atoms with Crippen LogP contribution in [0.4, 0.5) is 5.69 Å². The molecule has 0 bridgehead atoms. The molecule has 1 heteroatoms. The second-order valence-corrected chi connectivity index (χ2v) is 6.66. The van der Waals surface area contributed by atoms with Gasteiger partial charge in [-0.25, -0.2) is 0 Å². The molecule has 0 aromatic heterocycles. The SMILES string of the molecule is C=C/C(=C\CC)N(C1=CC=CC=CC1)c1ccc(-c2ccc(C)cc2)cc1.CC. The van der Waals surface area contributed by atoms with Crippen molar-refractivity contribution in [1.82, 2.24) is 0 Å². The average Bonchev–Trinajstić information content (AvgIpc) is 3.05. The van der Waals surface area contributed by atoms with Crippen molar-refractivity contribution in [3.63, 3.8) is 0 Å². The maximum atomic E-state index is 4.04. The summed E-state index contributed by atoms with van der Waals surface area (Å²) < 4.78 is 0. The summed E-state index contributed by atoms with van der Waals surface area (Å²) >= 11 is 0. The molecule has 0 saturated heterocycles. The van der Waals surface area contributed by atoms with Crippen LogP contribution in [-0.4, -0.2) is 0 Å². The normalized spacial score (nSPS) is 13.1. The van der Waals surface area contributed by atoms with Crippen LogP contribution < -0.4 is 4.90 Å². The average molecular weight is 384 g/mol. The minimum Gasteiger partial charge on any atom is -0.314 e. The first-order chi connectivity index (χ1) is 14.2. The molecule has 0 spiro atoms. The molecule has 0 N–H and O–H groups in total. The van der Waals surface area contributed by atoms with E-state index in [4.69, 9.17) is 0 Å². The molecule has 0 aliphatic heterocycles. The third-order valence-electron chi connectivity index (χ3n) is 4.65. The monoisotopic (exact) mass is 383 g/mol. The molecule has 2 aromatic carbocycles. The molecule has 0 unspecified atom stereocenters. The fourth-order valence-corrected chi connectivity index (χ4v) is 3.24. The van der Waals surface area contributed by atoms with Crippen LogP contribution in [0.15, 0.2) is 109 Å². The Morgan fingerprint density at radius 2 is 1.55 bits per heavy atom. The van der Waals surface area contributed by atoms with E-state index in [1.807, 2.05) is 19.9 Å².